The van der Waals surface area contributed by atoms with Crippen molar-refractivity contribution in [2.45, 2.75) is 38.2 Å². The van der Waals surface area contributed by atoms with E-state index in [-0.39, 0.29) is 0 Å². The standard InChI is InChI=1S/C15H24N2O2/c1-18-13-7-8-15(14(16)11-13)17-9-10-19-12-5-3-2-4-6-12/h7-8,11-12,17H,2-6,9-10,16H2,1H3. The van der Waals surface area contributed by atoms with Crippen molar-refractivity contribution >= 4 is 11.4 Å². The Labute approximate surface area is 115 Å². The lowest BCUT2D eigenvalue weighted by molar-refractivity contribution is 0.0347. The zero-order valence-corrected chi connectivity index (χ0v) is 11.7. The summed E-state index contributed by atoms with van der Waals surface area (Å²) < 4.78 is 11.0. The Bertz CT molecular complexity index is 390. The van der Waals surface area contributed by atoms with Crippen LogP contribution in [0.5, 0.6) is 5.75 Å². The fourth-order valence-electron chi connectivity index (χ4n) is 2.47. The van der Waals surface area contributed by atoms with Gasteiger partial charge in [-0.05, 0) is 25.0 Å². The molecule has 1 saturated carbocycles. The highest BCUT2D eigenvalue weighted by Gasteiger charge is 2.13. The molecule has 106 valence electrons. The first-order valence-electron chi connectivity index (χ1n) is 7.08. The molecule has 1 aliphatic rings. The van der Waals surface area contributed by atoms with E-state index in [1.54, 1.807) is 7.11 Å². The van der Waals surface area contributed by atoms with Gasteiger partial charge in [0.05, 0.1) is 31.2 Å². The topological polar surface area (TPSA) is 56.5 Å². The third-order valence-electron chi connectivity index (χ3n) is 3.58. The van der Waals surface area contributed by atoms with Crippen molar-refractivity contribution in [3.63, 3.8) is 0 Å². The number of benzene rings is 1. The molecule has 3 N–H and O–H groups in total. The second kappa shape index (κ2) is 7.24. The van der Waals surface area contributed by atoms with Gasteiger partial charge in [0.25, 0.3) is 0 Å². The van der Waals surface area contributed by atoms with Crippen LogP contribution in [0.25, 0.3) is 0 Å². The first kappa shape index (κ1) is 14.0. The fourth-order valence-corrected chi connectivity index (χ4v) is 2.47. The van der Waals surface area contributed by atoms with Crippen LogP contribution in [0.3, 0.4) is 0 Å². The van der Waals surface area contributed by atoms with E-state index < -0.39 is 0 Å². The van der Waals surface area contributed by atoms with Crippen molar-refractivity contribution < 1.29 is 9.47 Å². The number of rotatable bonds is 6. The maximum absolute atomic E-state index is 5.94. The minimum atomic E-state index is 0.462. The quantitative estimate of drug-likeness (QED) is 0.612. The summed E-state index contributed by atoms with van der Waals surface area (Å²) >= 11 is 0. The summed E-state index contributed by atoms with van der Waals surface area (Å²) in [7, 11) is 1.64. The zero-order valence-electron chi connectivity index (χ0n) is 11.7. The van der Waals surface area contributed by atoms with Crippen molar-refractivity contribution in [3.8, 4) is 5.75 Å². The summed E-state index contributed by atoms with van der Waals surface area (Å²) in [5.74, 6) is 0.779. The number of nitrogen functional groups attached to an aromatic ring is 1. The van der Waals surface area contributed by atoms with Gasteiger partial charge >= 0.3 is 0 Å². The summed E-state index contributed by atoms with van der Waals surface area (Å²) in [6.07, 6.45) is 6.87. The van der Waals surface area contributed by atoms with Crippen molar-refractivity contribution in [2.75, 3.05) is 31.3 Å². The molecule has 0 radical (unpaired) electrons. The van der Waals surface area contributed by atoms with Crippen molar-refractivity contribution in [3.05, 3.63) is 18.2 Å². The summed E-state index contributed by atoms with van der Waals surface area (Å²) in [6.45, 7) is 1.52. The molecule has 1 fully saturated rings. The first-order chi connectivity index (χ1) is 9.29. The van der Waals surface area contributed by atoms with Gasteiger partial charge in [-0.2, -0.15) is 0 Å². The Morgan fingerprint density at radius 1 is 1.26 bits per heavy atom. The number of anilines is 2. The van der Waals surface area contributed by atoms with Crippen LogP contribution in [-0.4, -0.2) is 26.4 Å². The third kappa shape index (κ3) is 4.31. The van der Waals surface area contributed by atoms with Gasteiger partial charge in [0.2, 0.25) is 0 Å². The van der Waals surface area contributed by atoms with E-state index in [4.69, 9.17) is 15.2 Å². The summed E-state index contributed by atoms with van der Waals surface area (Å²) in [4.78, 5) is 0. The molecule has 1 aliphatic carbocycles. The van der Waals surface area contributed by atoms with Gasteiger partial charge in [-0.1, -0.05) is 19.3 Å². The maximum Gasteiger partial charge on any atom is 0.121 e. The Balaban J connectivity index is 1.70. The van der Waals surface area contributed by atoms with E-state index in [1.807, 2.05) is 18.2 Å². The minimum absolute atomic E-state index is 0.462. The van der Waals surface area contributed by atoms with Crippen LogP contribution < -0.4 is 15.8 Å². The average molecular weight is 264 g/mol. The predicted molar refractivity (Wildman–Crippen MR) is 78.7 cm³/mol. The number of nitrogens with one attached hydrogen (secondary N) is 1. The molecule has 0 heterocycles. The average Bonchev–Trinajstić information content (AvgIpc) is 2.46. The van der Waals surface area contributed by atoms with Gasteiger partial charge in [-0.15, -0.1) is 0 Å². The molecule has 19 heavy (non-hydrogen) atoms. The highest BCUT2D eigenvalue weighted by atomic mass is 16.5. The second-order valence-electron chi connectivity index (χ2n) is 5.01. The molecule has 0 spiro atoms. The summed E-state index contributed by atoms with van der Waals surface area (Å²) in [6, 6.07) is 5.67. The maximum atomic E-state index is 5.94. The van der Waals surface area contributed by atoms with Crippen LogP contribution in [0.15, 0.2) is 18.2 Å². The van der Waals surface area contributed by atoms with Crippen molar-refractivity contribution in [1.29, 1.82) is 0 Å². The Kier molecular flexibility index (Phi) is 5.33. The molecule has 4 heteroatoms. The lowest BCUT2D eigenvalue weighted by Gasteiger charge is -2.22. The lowest BCUT2D eigenvalue weighted by Crippen LogP contribution is -2.20. The molecule has 0 atom stereocenters. The molecule has 2 rings (SSSR count). The van der Waals surface area contributed by atoms with E-state index in [9.17, 15) is 0 Å². The Hall–Kier alpha value is -1.42. The van der Waals surface area contributed by atoms with Crippen LogP contribution in [-0.2, 0) is 4.74 Å². The van der Waals surface area contributed by atoms with Crippen LogP contribution in [0.2, 0.25) is 0 Å². The zero-order chi connectivity index (χ0) is 13.5. The monoisotopic (exact) mass is 264 g/mol. The summed E-state index contributed by atoms with van der Waals surface area (Å²) in [5.41, 5.74) is 7.58. The SMILES string of the molecule is COc1ccc(NCCOC2CCCCC2)c(N)c1. The summed E-state index contributed by atoms with van der Waals surface area (Å²) in [5, 5.41) is 3.30. The Morgan fingerprint density at radius 2 is 2.05 bits per heavy atom. The fraction of sp³-hybridized carbons (Fsp3) is 0.600. The van der Waals surface area contributed by atoms with Crippen molar-refractivity contribution in [2.24, 2.45) is 0 Å². The Morgan fingerprint density at radius 3 is 2.74 bits per heavy atom. The highest BCUT2D eigenvalue weighted by molar-refractivity contribution is 5.68. The molecule has 0 bridgehead atoms. The second-order valence-corrected chi connectivity index (χ2v) is 5.01. The largest absolute Gasteiger partial charge is 0.497 e. The molecular formula is C15H24N2O2. The van der Waals surface area contributed by atoms with Gasteiger partial charge < -0.3 is 20.5 Å². The first-order valence-corrected chi connectivity index (χ1v) is 7.08. The predicted octanol–water partition coefficient (Wildman–Crippen LogP) is 3.04. The molecule has 0 unspecified atom stereocenters. The van der Waals surface area contributed by atoms with E-state index in [1.165, 1.54) is 32.1 Å². The lowest BCUT2D eigenvalue weighted by atomic mass is 9.98. The van der Waals surface area contributed by atoms with E-state index in [0.717, 1.165) is 24.6 Å². The number of methoxy groups -OCH3 is 1. The normalized spacial score (nSPS) is 16.3. The molecule has 0 saturated heterocycles. The van der Waals surface area contributed by atoms with Crippen LogP contribution in [0, 0.1) is 0 Å². The number of hydrogen-bond acceptors (Lipinski definition) is 4. The van der Waals surface area contributed by atoms with E-state index in [2.05, 4.69) is 5.32 Å². The van der Waals surface area contributed by atoms with Crippen LogP contribution >= 0.6 is 0 Å². The smallest absolute Gasteiger partial charge is 0.121 e. The molecular weight excluding hydrogens is 240 g/mol. The molecule has 1 aromatic rings. The van der Waals surface area contributed by atoms with E-state index in [0.29, 0.717) is 11.8 Å². The van der Waals surface area contributed by atoms with Gasteiger partial charge in [0.15, 0.2) is 0 Å². The molecule has 1 aromatic carbocycles. The van der Waals surface area contributed by atoms with E-state index >= 15 is 0 Å². The van der Waals surface area contributed by atoms with Gasteiger partial charge in [0.1, 0.15) is 5.75 Å². The number of hydrogen-bond donors (Lipinski definition) is 2. The number of ether oxygens (including phenoxy) is 2. The minimum Gasteiger partial charge on any atom is -0.497 e. The van der Waals surface area contributed by atoms with Crippen LogP contribution in [0.4, 0.5) is 11.4 Å². The van der Waals surface area contributed by atoms with Gasteiger partial charge in [0, 0.05) is 12.6 Å². The number of nitrogens with two attached hydrogens (primary N) is 1. The van der Waals surface area contributed by atoms with Gasteiger partial charge in [-0.3, -0.25) is 0 Å². The third-order valence-corrected chi connectivity index (χ3v) is 3.58. The molecule has 0 aromatic heterocycles. The molecule has 4 nitrogen and oxygen atoms in total. The van der Waals surface area contributed by atoms with Crippen LogP contribution in [0.1, 0.15) is 32.1 Å². The van der Waals surface area contributed by atoms with Crippen molar-refractivity contribution in [1.82, 2.24) is 0 Å². The highest BCUT2D eigenvalue weighted by Crippen LogP contribution is 2.24. The molecule has 0 amide bonds. The van der Waals surface area contributed by atoms with Gasteiger partial charge in [-0.25, -0.2) is 0 Å². The molecule has 0 aliphatic heterocycles.